The van der Waals surface area contributed by atoms with Crippen molar-refractivity contribution in [3.63, 3.8) is 0 Å². The molecule has 0 unspecified atom stereocenters. The van der Waals surface area contributed by atoms with Crippen molar-refractivity contribution < 1.29 is 4.79 Å². The Morgan fingerprint density at radius 3 is 2.76 bits per heavy atom. The van der Waals surface area contributed by atoms with Gasteiger partial charge in [-0.05, 0) is 24.0 Å². The Morgan fingerprint density at radius 1 is 1.47 bits per heavy atom. The molecular weight excluding hydrogens is 236 g/mol. The van der Waals surface area contributed by atoms with Crippen LogP contribution in [0.2, 0.25) is 5.02 Å². The van der Waals surface area contributed by atoms with E-state index in [2.05, 4.69) is 13.8 Å². The van der Waals surface area contributed by atoms with Crippen LogP contribution in [0.3, 0.4) is 0 Å². The van der Waals surface area contributed by atoms with Crippen LogP contribution in [0, 0.1) is 5.41 Å². The molecule has 92 valence electrons. The SMILES string of the molecule is CC1(C)CCN(C(=O)c2cccc(Cl)c2N)C1. The fourth-order valence-electron chi connectivity index (χ4n) is 2.18. The fourth-order valence-corrected chi connectivity index (χ4v) is 2.35. The monoisotopic (exact) mass is 252 g/mol. The van der Waals surface area contributed by atoms with Gasteiger partial charge in [0.1, 0.15) is 0 Å². The predicted molar refractivity (Wildman–Crippen MR) is 70.2 cm³/mol. The van der Waals surface area contributed by atoms with E-state index < -0.39 is 0 Å². The van der Waals surface area contributed by atoms with E-state index in [1.165, 1.54) is 0 Å². The van der Waals surface area contributed by atoms with E-state index in [0.717, 1.165) is 19.5 Å². The van der Waals surface area contributed by atoms with Crippen molar-refractivity contribution >= 4 is 23.2 Å². The molecular formula is C13H17ClN2O. The van der Waals surface area contributed by atoms with Gasteiger partial charge in [-0.15, -0.1) is 0 Å². The van der Waals surface area contributed by atoms with E-state index in [1.807, 2.05) is 4.90 Å². The largest absolute Gasteiger partial charge is 0.397 e. The first kappa shape index (κ1) is 12.2. The number of carbonyl (C=O) groups excluding carboxylic acids is 1. The quantitative estimate of drug-likeness (QED) is 0.782. The normalized spacial score (nSPS) is 18.4. The van der Waals surface area contributed by atoms with Crippen LogP contribution in [0.5, 0.6) is 0 Å². The van der Waals surface area contributed by atoms with Crippen LogP contribution in [-0.2, 0) is 0 Å². The van der Waals surface area contributed by atoms with Crippen LogP contribution in [0.4, 0.5) is 5.69 Å². The molecule has 1 amide bonds. The number of nitrogen functional groups attached to an aromatic ring is 1. The summed E-state index contributed by atoms with van der Waals surface area (Å²) in [5.74, 6) is -0.0180. The van der Waals surface area contributed by atoms with E-state index in [4.69, 9.17) is 17.3 Å². The van der Waals surface area contributed by atoms with Gasteiger partial charge in [-0.1, -0.05) is 31.5 Å². The number of nitrogens with zero attached hydrogens (tertiary/aromatic N) is 1. The van der Waals surface area contributed by atoms with Crippen molar-refractivity contribution in [2.75, 3.05) is 18.8 Å². The van der Waals surface area contributed by atoms with Gasteiger partial charge in [0.05, 0.1) is 16.3 Å². The second kappa shape index (κ2) is 4.22. The van der Waals surface area contributed by atoms with Crippen molar-refractivity contribution in [2.45, 2.75) is 20.3 Å². The minimum atomic E-state index is -0.0180. The molecule has 0 saturated carbocycles. The molecule has 1 aliphatic heterocycles. The average Bonchev–Trinajstić information content (AvgIpc) is 2.62. The van der Waals surface area contributed by atoms with Gasteiger partial charge >= 0.3 is 0 Å². The molecule has 2 rings (SSSR count). The summed E-state index contributed by atoms with van der Waals surface area (Å²) in [5, 5.41) is 0.439. The van der Waals surface area contributed by atoms with Gasteiger partial charge in [-0.2, -0.15) is 0 Å². The molecule has 0 bridgehead atoms. The van der Waals surface area contributed by atoms with Gasteiger partial charge < -0.3 is 10.6 Å². The van der Waals surface area contributed by atoms with Gasteiger partial charge in [0.25, 0.3) is 5.91 Å². The number of anilines is 1. The van der Waals surface area contributed by atoms with Crippen molar-refractivity contribution in [3.05, 3.63) is 28.8 Å². The molecule has 1 heterocycles. The lowest BCUT2D eigenvalue weighted by atomic mass is 9.93. The van der Waals surface area contributed by atoms with Gasteiger partial charge in [0, 0.05) is 13.1 Å². The average molecular weight is 253 g/mol. The number of likely N-dealkylation sites (tertiary alicyclic amines) is 1. The molecule has 0 spiro atoms. The highest BCUT2D eigenvalue weighted by Gasteiger charge is 2.33. The summed E-state index contributed by atoms with van der Waals surface area (Å²) in [6.07, 6.45) is 1.03. The number of nitrogens with two attached hydrogens (primary N) is 1. The highest BCUT2D eigenvalue weighted by molar-refractivity contribution is 6.33. The maximum atomic E-state index is 12.3. The summed E-state index contributed by atoms with van der Waals surface area (Å²) >= 11 is 5.92. The summed E-state index contributed by atoms with van der Waals surface area (Å²) in [6.45, 7) is 5.90. The van der Waals surface area contributed by atoms with Crippen LogP contribution in [0.15, 0.2) is 18.2 Å². The molecule has 1 fully saturated rings. The summed E-state index contributed by atoms with van der Waals surface area (Å²) in [7, 11) is 0. The number of carbonyl (C=O) groups is 1. The summed E-state index contributed by atoms with van der Waals surface area (Å²) in [5.41, 5.74) is 6.92. The number of amides is 1. The molecule has 1 aromatic rings. The number of benzene rings is 1. The van der Waals surface area contributed by atoms with E-state index in [-0.39, 0.29) is 11.3 Å². The summed E-state index contributed by atoms with van der Waals surface area (Å²) in [4.78, 5) is 14.1. The van der Waals surface area contributed by atoms with Crippen molar-refractivity contribution in [3.8, 4) is 0 Å². The van der Waals surface area contributed by atoms with E-state index in [0.29, 0.717) is 16.3 Å². The Bertz CT molecular complexity index is 457. The second-order valence-electron chi connectivity index (χ2n) is 5.34. The minimum Gasteiger partial charge on any atom is -0.397 e. The van der Waals surface area contributed by atoms with Crippen LogP contribution in [0.1, 0.15) is 30.6 Å². The number of halogens is 1. The molecule has 1 aliphatic rings. The number of rotatable bonds is 1. The van der Waals surface area contributed by atoms with Crippen molar-refractivity contribution in [2.24, 2.45) is 5.41 Å². The van der Waals surface area contributed by atoms with Crippen LogP contribution >= 0.6 is 11.6 Å². The topological polar surface area (TPSA) is 46.3 Å². The Morgan fingerprint density at radius 2 is 2.18 bits per heavy atom. The number of hydrogen-bond donors (Lipinski definition) is 1. The highest BCUT2D eigenvalue weighted by atomic mass is 35.5. The van der Waals surface area contributed by atoms with Gasteiger partial charge in [0.2, 0.25) is 0 Å². The predicted octanol–water partition coefficient (Wildman–Crippen LogP) is 2.79. The third-order valence-electron chi connectivity index (χ3n) is 3.25. The molecule has 1 saturated heterocycles. The van der Waals surface area contributed by atoms with Gasteiger partial charge in [-0.3, -0.25) is 4.79 Å². The molecule has 0 aliphatic carbocycles. The lowest BCUT2D eigenvalue weighted by Crippen LogP contribution is -2.30. The Kier molecular flexibility index (Phi) is 3.04. The first-order chi connectivity index (χ1) is 7.91. The molecule has 3 nitrogen and oxygen atoms in total. The molecule has 0 radical (unpaired) electrons. The summed E-state index contributed by atoms with van der Waals surface area (Å²) < 4.78 is 0. The smallest absolute Gasteiger partial charge is 0.256 e. The standard InChI is InChI=1S/C13H17ClN2O/c1-13(2)6-7-16(8-13)12(17)9-4-3-5-10(14)11(9)15/h3-5H,6-8,15H2,1-2H3. The van der Waals surface area contributed by atoms with Gasteiger partial charge in [0.15, 0.2) is 0 Å². The highest BCUT2D eigenvalue weighted by Crippen LogP contribution is 2.31. The summed E-state index contributed by atoms with van der Waals surface area (Å²) in [6, 6.07) is 5.18. The Hall–Kier alpha value is -1.22. The first-order valence-corrected chi connectivity index (χ1v) is 6.12. The second-order valence-corrected chi connectivity index (χ2v) is 5.75. The number of hydrogen-bond acceptors (Lipinski definition) is 2. The molecule has 1 aromatic carbocycles. The minimum absolute atomic E-state index is 0.0180. The van der Waals surface area contributed by atoms with E-state index >= 15 is 0 Å². The zero-order valence-corrected chi connectivity index (χ0v) is 10.9. The van der Waals surface area contributed by atoms with Gasteiger partial charge in [-0.25, -0.2) is 0 Å². The third-order valence-corrected chi connectivity index (χ3v) is 3.58. The zero-order valence-electron chi connectivity index (χ0n) is 10.2. The van der Waals surface area contributed by atoms with Crippen molar-refractivity contribution in [1.29, 1.82) is 0 Å². The molecule has 0 atom stereocenters. The first-order valence-electron chi connectivity index (χ1n) is 5.74. The van der Waals surface area contributed by atoms with Crippen LogP contribution in [0.25, 0.3) is 0 Å². The third kappa shape index (κ3) is 2.39. The molecule has 0 aromatic heterocycles. The maximum absolute atomic E-state index is 12.3. The molecule has 2 N–H and O–H groups in total. The van der Waals surface area contributed by atoms with E-state index in [9.17, 15) is 4.79 Å². The van der Waals surface area contributed by atoms with Crippen molar-refractivity contribution in [1.82, 2.24) is 4.90 Å². The molecule has 17 heavy (non-hydrogen) atoms. The number of para-hydroxylation sites is 1. The fraction of sp³-hybridized carbons (Fsp3) is 0.462. The lowest BCUT2D eigenvalue weighted by Gasteiger charge is -2.20. The van der Waals surface area contributed by atoms with E-state index in [1.54, 1.807) is 18.2 Å². The maximum Gasteiger partial charge on any atom is 0.256 e. The zero-order chi connectivity index (χ0) is 12.6. The Balaban J connectivity index is 2.24. The van der Waals surface area contributed by atoms with Crippen LogP contribution < -0.4 is 5.73 Å². The van der Waals surface area contributed by atoms with Crippen LogP contribution in [-0.4, -0.2) is 23.9 Å². The molecule has 4 heteroatoms. The lowest BCUT2D eigenvalue weighted by molar-refractivity contribution is 0.0779. The Labute approximate surface area is 107 Å².